The number of urea groups is 1. The van der Waals surface area contributed by atoms with Crippen LogP contribution in [0.2, 0.25) is 5.15 Å². The third kappa shape index (κ3) is 6.11. The number of hydrogen-bond donors (Lipinski definition) is 3. The maximum atomic E-state index is 11.4. The van der Waals surface area contributed by atoms with Crippen molar-refractivity contribution in [2.24, 2.45) is 4.99 Å². The van der Waals surface area contributed by atoms with Crippen molar-refractivity contribution in [1.29, 1.82) is 0 Å². The van der Waals surface area contributed by atoms with E-state index in [1.165, 1.54) is 4.90 Å². The molecule has 0 aromatic carbocycles. The summed E-state index contributed by atoms with van der Waals surface area (Å²) in [5.41, 5.74) is 1.07. The number of nitrogens with one attached hydrogen (secondary N) is 3. The van der Waals surface area contributed by atoms with Gasteiger partial charge in [0, 0.05) is 32.9 Å². The zero-order chi connectivity index (χ0) is 16.7. The van der Waals surface area contributed by atoms with E-state index in [1.54, 1.807) is 19.3 Å². The van der Waals surface area contributed by atoms with Gasteiger partial charge >= 0.3 is 6.03 Å². The van der Waals surface area contributed by atoms with Crippen LogP contribution in [0.5, 0.6) is 0 Å². The molecule has 0 aliphatic carbocycles. The van der Waals surface area contributed by atoms with Gasteiger partial charge in [0.25, 0.3) is 0 Å². The molecule has 0 radical (unpaired) electrons. The molecule has 0 atom stereocenters. The summed E-state index contributed by atoms with van der Waals surface area (Å²) in [6, 6.07) is 3.32. The molecule has 3 amide bonds. The van der Waals surface area contributed by atoms with Crippen LogP contribution < -0.4 is 16.0 Å². The molecule has 24 heavy (non-hydrogen) atoms. The van der Waals surface area contributed by atoms with E-state index in [9.17, 15) is 9.59 Å². The minimum absolute atomic E-state index is 0. The second kappa shape index (κ2) is 10.3. The summed E-state index contributed by atoms with van der Waals surface area (Å²) in [5.74, 6) is 0.397. The average Bonchev–Trinajstić information content (AvgIpc) is 2.87. The Hall–Kier alpha value is -1.62. The van der Waals surface area contributed by atoms with Crippen molar-refractivity contribution < 1.29 is 9.59 Å². The number of imide groups is 1. The Labute approximate surface area is 162 Å². The number of nitrogens with zero attached hydrogens (tertiary/aromatic N) is 3. The van der Waals surface area contributed by atoms with Crippen molar-refractivity contribution in [1.82, 2.24) is 25.8 Å². The fraction of sp³-hybridized carbons (Fsp3) is 0.429. The largest absolute Gasteiger partial charge is 0.356 e. The van der Waals surface area contributed by atoms with Crippen molar-refractivity contribution in [2.75, 3.05) is 33.2 Å². The SMILES string of the molecule is CN=C(NCCc1ccc(Cl)nc1)NCCN1C(=O)CNC1=O.I. The number of amides is 3. The van der Waals surface area contributed by atoms with Crippen LogP contribution >= 0.6 is 35.6 Å². The lowest BCUT2D eigenvalue weighted by Gasteiger charge is -2.15. The van der Waals surface area contributed by atoms with E-state index in [1.807, 2.05) is 6.07 Å². The summed E-state index contributed by atoms with van der Waals surface area (Å²) in [6.45, 7) is 1.47. The van der Waals surface area contributed by atoms with Gasteiger partial charge in [-0.3, -0.25) is 14.7 Å². The normalized spacial score (nSPS) is 14.2. The second-order valence-electron chi connectivity index (χ2n) is 4.87. The molecule has 132 valence electrons. The highest BCUT2D eigenvalue weighted by molar-refractivity contribution is 14.0. The van der Waals surface area contributed by atoms with E-state index in [0.717, 1.165) is 12.0 Å². The first kappa shape index (κ1) is 20.4. The second-order valence-corrected chi connectivity index (χ2v) is 5.26. The maximum Gasteiger partial charge on any atom is 0.324 e. The van der Waals surface area contributed by atoms with Crippen LogP contribution in [0.4, 0.5) is 4.79 Å². The van der Waals surface area contributed by atoms with Crippen molar-refractivity contribution in [3.63, 3.8) is 0 Å². The van der Waals surface area contributed by atoms with E-state index < -0.39 is 0 Å². The van der Waals surface area contributed by atoms with Crippen LogP contribution in [0.1, 0.15) is 5.56 Å². The molecule has 0 saturated carbocycles. The Bertz CT molecular complexity index is 579. The van der Waals surface area contributed by atoms with Crippen LogP contribution in [0.3, 0.4) is 0 Å². The molecule has 1 saturated heterocycles. The molecular weight excluding hydrogens is 447 g/mol. The van der Waals surface area contributed by atoms with Gasteiger partial charge in [0.1, 0.15) is 5.15 Å². The first-order valence-corrected chi connectivity index (χ1v) is 7.61. The van der Waals surface area contributed by atoms with Gasteiger partial charge in [-0.2, -0.15) is 0 Å². The molecule has 1 aliphatic heterocycles. The number of hydrogen-bond acceptors (Lipinski definition) is 4. The van der Waals surface area contributed by atoms with Gasteiger partial charge in [-0.25, -0.2) is 9.78 Å². The molecule has 10 heteroatoms. The lowest BCUT2D eigenvalue weighted by molar-refractivity contribution is -0.124. The lowest BCUT2D eigenvalue weighted by atomic mass is 10.2. The molecule has 0 bridgehead atoms. The predicted octanol–water partition coefficient (Wildman–Crippen LogP) is 0.612. The standard InChI is InChI=1S/C14H19ClN6O2.HI/c1-16-13(17-5-4-10-2-3-11(15)19-8-10)18-6-7-21-12(22)9-20-14(21)23;/h2-3,8H,4-7,9H2,1H3,(H,20,23)(H2,16,17,18);1H. The minimum Gasteiger partial charge on any atom is -0.356 e. The number of aromatic nitrogens is 1. The molecule has 8 nitrogen and oxygen atoms in total. The molecule has 3 N–H and O–H groups in total. The number of halogens is 2. The number of aliphatic imine (C=N–C) groups is 1. The smallest absolute Gasteiger partial charge is 0.324 e. The summed E-state index contributed by atoms with van der Waals surface area (Å²) in [7, 11) is 1.66. The molecule has 2 rings (SSSR count). The topological polar surface area (TPSA) is 98.7 Å². The van der Waals surface area contributed by atoms with Gasteiger partial charge in [-0.15, -0.1) is 24.0 Å². The molecule has 1 fully saturated rings. The number of carbonyl (C=O) groups is 2. The van der Waals surface area contributed by atoms with Crippen LogP contribution in [-0.2, 0) is 11.2 Å². The molecule has 2 heterocycles. The first-order chi connectivity index (χ1) is 11.1. The number of guanidine groups is 1. The predicted molar refractivity (Wildman–Crippen MR) is 103 cm³/mol. The van der Waals surface area contributed by atoms with Gasteiger partial charge in [0.05, 0.1) is 6.54 Å². The summed E-state index contributed by atoms with van der Waals surface area (Å²) in [4.78, 5) is 32.1. The molecule has 1 aliphatic rings. The van der Waals surface area contributed by atoms with Crippen LogP contribution in [0, 0.1) is 0 Å². The summed E-state index contributed by atoms with van der Waals surface area (Å²) < 4.78 is 0. The Balaban J connectivity index is 0.00000288. The number of pyridine rings is 1. The Morgan fingerprint density at radius 1 is 1.38 bits per heavy atom. The van der Waals surface area contributed by atoms with Crippen LogP contribution in [0.15, 0.2) is 23.3 Å². The van der Waals surface area contributed by atoms with Crippen LogP contribution in [0.25, 0.3) is 0 Å². The quantitative estimate of drug-likeness (QED) is 0.188. The number of carbonyl (C=O) groups excluding carboxylic acids is 2. The highest BCUT2D eigenvalue weighted by Crippen LogP contribution is 2.05. The summed E-state index contributed by atoms with van der Waals surface area (Å²) in [5, 5.41) is 9.16. The lowest BCUT2D eigenvalue weighted by Crippen LogP contribution is -2.43. The number of rotatable bonds is 6. The average molecular weight is 467 g/mol. The van der Waals surface area contributed by atoms with Crippen molar-refractivity contribution >= 4 is 53.5 Å². The molecule has 0 spiro atoms. The van der Waals surface area contributed by atoms with Gasteiger partial charge < -0.3 is 16.0 Å². The highest BCUT2D eigenvalue weighted by Gasteiger charge is 2.27. The van der Waals surface area contributed by atoms with E-state index in [0.29, 0.717) is 30.7 Å². The molecular formula is C14H20ClIN6O2. The van der Waals surface area contributed by atoms with Gasteiger partial charge in [-0.05, 0) is 18.1 Å². The van der Waals surface area contributed by atoms with Gasteiger partial charge in [0.2, 0.25) is 5.91 Å². The maximum absolute atomic E-state index is 11.4. The summed E-state index contributed by atoms with van der Waals surface area (Å²) in [6.07, 6.45) is 2.51. The van der Waals surface area contributed by atoms with E-state index >= 15 is 0 Å². The van der Waals surface area contributed by atoms with E-state index in [2.05, 4.69) is 25.9 Å². The molecule has 1 aromatic rings. The monoisotopic (exact) mass is 466 g/mol. The van der Waals surface area contributed by atoms with E-state index in [-0.39, 0.29) is 42.5 Å². The Kier molecular flexibility index (Phi) is 8.76. The molecule has 0 unspecified atom stereocenters. The molecule has 1 aromatic heterocycles. The van der Waals surface area contributed by atoms with Crippen molar-refractivity contribution in [3.05, 3.63) is 29.0 Å². The first-order valence-electron chi connectivity index (χ1n) is 7.23. The summed E-state index contributed by atoms with van der Waals surface area (Å²) >= 11 is 5.74. The van der Waals surface area contributed by atoms with Crippen molar-refractivity contribution in [3.8, 4) is 0 Å². The third-order valence-corrected chi connectivity index (χ3v) is 3.51. The fourth-order valence-corrected chi connectivity index (χ4v) is 2.18. The Morgan fingerprint density at radius 2 is 2.12 bits per heavy atom. The van der Waals surface area contributed by atoms with Gasteiger partial charge in [0.15, 0.2) is 5.96 Å². The van der Waals surface area contributed by atoms with E-state index in [4.69, 9.17) is 11.6 Å². The van der Waals surface area contributed by atoms with Crippen molar-refractivity contribution in [2.45, 2.75) is 6.42 Å². The fourth-order valence-electron chi connectivity index (χ4n) is 2.07. The zero-order valence-corrected chi connectivity index (χ0v) is 16.3. The third-order valence-electron chi connectivity index (χ3n) is 3.28. The Morgan fingerprint density at radius 3 is 2.71 bits per heavy atom. The minimum atomic E-state index is -0.352. The zero-order valence-electron chi connectivity index (χ0n) is 13.2. The highest BCUT2D eigenvalue weighted by atomic mass is 127. The van der Waals surface area contributed by atoms with Crippen LogP contribution in [-0.4, -0.2) is 61.0 Å². The van der Waals surface area contributed by atoms with Gasteiger partial charge in [-0.1, -0.05) is 17.7 Å².